The molecular formula is C16H14BrFN2O2. The number of halogens is 2. The monoisotopic (exact) mass is 364 g/mol. The number of aromatic nitrogens is 1. The van der Waals surface area contributed by atoms with Crippen LogP contribution in [0.3, 0.4) is 0 Å². The summed E-state index contributed by atoms with van der Waals surface area (Å²) in [6.45, 7) is 1.12. The molecule has 2 aliphatic rings. The van der Waals surface area contributed by atoms with Crippen molar-refractivity contribution in [3.8, 4) is 0 Å². The number of ether oxygens (including phenoxy) is 1. The molecule has 0 radical (unpaired) electrons. The van der Waals surface area contributed by atoms with Crippen molar-refractivity contribution in [3.05, 3.63) is 34.2 Å². The van der Waals surface area contributed by atoms with Gasteiger partial charge < -0.3 is 9.64 Å². The van der Waals surface area contributed by atoms with E-state index in [2.05, 4.69) is 20.9 Å². The highest BCUT2D eigenvalue weighted by Crippen LogP contribution is 2.50. The largest absolute Gasteiger partial charge is 0.381 e. The highest BCUT2D eigenvalue weighted by atomic mass is 79.9. The van der Waals surface area contributed by atoms with Crippen molar-refractivity contribution in [1.29, 1.82) is 0 Å². The molecule has 0 saturated carbocycles. The van der Waals surface area contributed by atoms with E-state index >= 15 is 0 Å². The van der Waals surface area contributed by atoms with Gasteiger partial charge in [-0.05, 0) is 34.8 Å². The molecule has 22 heavy (non-hydrogen) atoms. The maximum atomic E-state index is 13.8. The molecular weight excluding hydrogens is 351 g/mol. The third-order valence-electron chi connectivity index (χ3n) is 4.79. The van der Waals surface area contributed by atoms with E-state index in [9.17, 15) is 9.18 Å². The second-order valence-electron chi connectivity index (χ2n) is 5.86. The van der Waals surface area contributed by atoms with Crippen LogP contribution in [0.25, 0.3) is 10.9 Å². The maximum absolute atomic E-state index is 13.8. The summed E-state index contributed by atoms with van der Waals surface area (Å²) in [6, 6.07) is 3.15. The van der Waals surface area contributed by atoms with Crippen LogP contribution in [0.15, 0.2) is 22.8 Å². The van der Waals surface area contributed by atoms with Gasteiger partial charge in [-0.3, -0.25) is 9.78 Å². The van der Waals surface area contributed by atoms with Crippen LogP contribution < -0.4 is 4.90 Å². The molecule has 0 N–H and O–H groups in total. The van der Waals surface area contributed by atoms with Crippen LogP contribution in [0.4, 0.5) is 10.1 Å². The lowest BCUT2D eigenvalue weighted by Gasteiger charge is -2.32. The van der Waals surface area contributed by atoms with Crippen LogP contribution in [-0.4, -0.2) is 31.2 Å². The Morgan fingerprint density at radius 1 is 1.36 bits per heavy atom. The Morgan fingerprint density at radius 3 is 2.82 bits per heavy atom. The zero-order chi connectivity index (χ0) is 15.5. The molecule has 0 aliphatic carbocycles. The summed E-state index contributed by atoms with van der Waals surface area (Å²) in [7, 11) is 1.78. The molecule has 2 aromatic rings. The minimum Gasteiger partial charge on any atom is -0.381 e. The minimum atomic E-state index is -0.569. The number of fused-ring (bicyclic) bond motifs is 4. The summed E-state index contributed by atoms with van der Waals surface area (Å²) in [5.41, 5.74) is 1.79. The Balaban J connectivity index is 2.07. The first-order valence-corrected chi connectivity index (χ1v) is 7.98. The SMILES string of the molecule is CN1C(=O)C2(CCOCC2)c2c1cnc1cc(F)c(Br)cc21. The van der Waals surface area contributed by atoms with Gasteiger partial charge in [0.2, 0.25) is 5.91 Å². The Hall–Kier alpha value is -1.53. The van der Waals surface area contributed by atoms with E-state index in [1.54, 1.807) is 24.2 Å². The molecule has 4 nitrogen and oxygen atoms in total. The van der Waals surface area contributed by atoms with Gasteiger partial charge in [0.15, 0.2) is 0 Å². The fourth-order valence-electron chi connectivity index (χ4n) is 3.65. The fraction of sp³-hybridized carbons (Fsp3) is 0.375. The lowest BCUT2D eigenvalue weighted by molar-refractivity contribution is -0.126. The molecule has 1 amide bonds. The van der Waals surface area contributed by atoms with Gasteiger partial charge in [-0.2, -0.15) is 0 Å². The number of rotatable bonds is 0. The summed E-state index contributed by atoms with van der Waals surface area (Å²) >= 11 is 3.24. The van der Waals surface area contributed by atoms with E-state index in [4.69, 9.17) is 4.74 Å². The molecule has 6 heteroatoms. The first kappa shape index (κ1) is 14.1. The molecule has 2 aliphatic heterocycles. The van der Waals surface area contributed by atoms with Gasteiger partial charge in [0.25, 0.3) is 0 Å². The van der Waals surface area contributed by atoms with E-state index in [1.165, 1.54) is 6.07 Å². The van der Waals surface area contributed by atoms with Crippen molar-refractivity contribution in [2.24, 2.45) is 0 Å². The summed E-state index contributed by atoms with van der Waals surface area (Å²) in [4.78, 5) is 18.9. The van der Waals surface area contributed by atoms with Gasteiger partial charge in [0, 0.05) is 37.3 Å². The molecule has 4 rings (SSSR count). The molecule has 1 aromatic carbocycles. The quantitative estimate of drug-likeness (QED) is 0.720. The molecule has 1 spiro atoms. The number of amides is 1. The first-order chi connectivity index (χ1) is 10.5. The van der Waals surface area contributed by atoms with Crippen LogP contribution >= 0.6 is 15.9 Å². The van der Waals surface area contributed by atoms with Gasteiger partial charge in [-0.1, -0.05) is 0 Å². The van der Waals surface area contributed by atoms with E-state index in [0.29, 0.717) is 36.0 Å². The topological polar surface area (TPSA) is 42.4 Å². The predicted octanol–water partition coefficient (Wildman–Crippen LogP) is 3.16. The summed E-state index contributed by atoms with van der Waals surface area (Å²) in [5.74, 6) is -0.265. The van der Waals surface area contributed by atoms with Crippen molar-refractivity contribution in [2.75, 3.05) is 25.2 Å². The predicted molar refractivity (Wildman–Crippen MR) is 84.5 cm³/mol. The lowest BCUT2D eigenvalue weighted by atomic mass is 9.74. The molecule has 1 aromatic heterocycles. The number of benzene rings is 1. The third kappa shape index (κ3) is 1.71. The number of carbonyl (C=O) groups excluding carboxylic acids is 1. The van der Waals surface area contributed by atoms with Crippen molar-refractivity contribution in [3.63, 3.8) is 0 Å². The van der Waals surface area contributed by atoms with Crippen molar-refractivity contribution in [1.82, 2.24) is 4.98 Å². The van der Waals surface area contributed by atoms with Gasteiger partial charge in [-0.15, -0.1) is 0 Å². The van der Waals surface area contributed by atoms with Crippen molar-refractivity contribution < 1.29 is 13.9 Å². The molecule has 0 bridgehead atoms. The highest BCUT2D eigenvalue weighted by molar-refractivity contribution is 9.10. The summed E-state index contributed by atoms with van der Waals surface area (Å²) < 4.78 is 19.6. The Bertz CT molecular complexity index is 802. The van der Waals surface area contributed by atoms with Crippen LogP contribution in [-0.2, 0) is 14.9 Å². The lowest BCUT2D eigenvalue weighted by Crippen LogP contribution is -2.43. The van der Waals surface area contributed by atoms with Crippen LogP contribution in [0, 0.1) is 5.82 Å². The van der Waals surface area contributed by atoms with Gasteiger partial charge in [0.1, 0.15) is 5.82 Å². The van der Waals surface area contributed by atoms with E-state index in [-0.39, 0.29) is 11.7 Å². The normalized spacial score (nSPS) is 20.0. The van der Waals surface area contributed by atoms with Crippen molar-refractivity contribution in [2.45, 2.75) is 18.3 Å². The number of hydrogen-bond donors (Lipinski definition) is 0. The zero-order valence-electron chi connectivity index (χ0n) is 12.0. The van der Waals surface area contributed by atoms with Crippen LogP contribution in [0.5, 0.6) is 0 Å². The number of hydrogen-bond acceptors (Lipinski definition) is 3. The minimum absolute atomic E-state index is 0.0838. The van der Waals surface area contributed by atoms with Crippen LogP contribution in [0.1, 0.15) is 18.4 Å². The Labute approximate surface area is 135 Å². The number of likely N-dealkylation sites (N-methyl/N-ethyl adjacent to an activating group) is 1. The molecule has 0 atom stereocenters. The number of anilines is 1. The smallest absolute Gasteiger partial charge is 0.237 e. The van der Waals surface area contributed by atoms with Crippen molar-refractivity contribution >= 4 is 38.4 Å². The zero-order valence-corrected chi connectivity index (χ0v) is 13.6. The summed E-state index contributed by atoms with van der Waals surface area (Å²) in [6.07, 6.45) is 2.97. The standard InChI is InChI=1S/C16H14BrFN2O2/c1-20-13-8-19-12-7-11(18)10(17)6-9(12)14(13)16(15(20)21)2-4-22-5-3-16/h6-8H,2-5H2,1H3. The highest BCUT2D eigenvalue weighted by Gasteiger charge is 2.51. The number of carbonyl (C=O) groups is 1. The average Bonchev–Trinajstić information content (AvgIpc) is 2.72. The van der Waals surface area contributed by atoms with Gasteiger partial charge >= 0.3 is 0 Å². The number of nitrogens with zero attached hydrogens (tertiary/aromatic N) is 2. The van der Waals surface area contributed by atoms with E-state index < -0.39 is 5.41 Å². The fourth-order valence-corrected chi connectivity index (χ4v) is 4.00. The van der Waals surface area contributed by atoms with E-state index in [0.717, 1.165) is 16.6 Å². The first-order valence-electron chi connectivity index (χ1n) is 7.19. The van der Waals surface area contributed by atoms with Gasteiger partial charge in [0.05, 0.1) is 27.3 Å². The number of pyridine rings is 1. The van der Waals surface area contributed by atoms with Gasteiger partial charge in [-0.25, -0.2) is 4.39 Å². The molecule has 1 fully saturated rings. The van der Waals surface area contributed by atoms with Crippen LogP contribution in [0.2, 0.25) is 0 Å². The second kappa shape index (κ2) is 4.73. The molecule has 3 heterocycles. The third-order valence-corrected chi connectivity index (χ3v) is 5.40. The molecule has 1 saturated heterocycles. The Kier molecular flexibility index (Phi) is 3.03. The molecule has 114 valence electrons. The van der Waals surface area contributed by atoms with E-state index in [1.807, 2.05) is 0 Å². The Morgan fingerprint density at radius 2 is 2.09 bits per heavy atom. The average molecular weight is 365 g/mol. The maximum Gasteiger partial charge on any atom is 0.237 e. The molecule has 0 unspecified atom stereocenters. The second-order valence-corrected chi connectivity index (χ2v) is 6.71. The summed E-state index contributed by atoms with van der Waals surface area (Å²) in [5, 5.41) is 0.838.